The molecular formula is C20H14FN2O5S-. The van der Waals surface area contributed by atoms with Crippen LogP contribution in [0.15, 0.2) is 82.1 Å². The molecule has 0 aromatic heterocycles. The number of hydrogen-bond donors (Lipinski definition) is 2. The first-order chi connectivity index (χ1) is 13.8. The van der Waals surface area contributed by atoms with Gasteiger partial charge in [-0.25, -0.2) is 9.18 Å². The van der Waals surface area contributed by atoms with Gasteiger partial charge in [0.15, 0.2) is 5.84 Å². The molecule has 0 saturated carbocycles. The molecule has 0 aliphatic rings. The van der Waals surface area contributed by atoms with Crippen LogP contribution in [0.5, 0.6) is 5.75 Å². The van der Waals surface area contributed by atoms with Crippen LogP contribution in [0.25, 0.3) is 0 Å². The van der Waals surface area contributed by atoms with E-state index in [0.717, 1.165) is 36.4 Å². The van der Waals surface area contributed by atoms with Crippen LogP contribution in [-0.2, 0) is 10.0 Å². The Morgan fingerprint density at radius 2 is 1.66 bits per heavy atom. The van der Waals surface area contributed by atoms with Crippen molar-refractivity contribution >= 4 is 27.5 Å². The van der Waals surface area contributed by atoms with E-state index in [1.807, 2.05) is 0 Å². The van der Waals surface area contributed by atoms with Gasteiger partial charge in [-0.15, -0.1) is 4.40 Å². The van der Waals surface area contributed by atoms with Crippen LogP contribution in [0, 0.1) is 5.82 Å². The lowest BCUT2D eigenvalue weighted by molar-refractivity contribution is -0.268. The van der Waals surface area contributed by atoms with Gasteiger partial charge in [-0.1, -0.05) is 42.1 Å². The van der Waals surface area contributed by atoms with Gasteiger partial charge in [-0.2, -0.15) is 8.42 Å². The lowest BCUT2D eigenvalue weighted by atomic mass is 10.1. The number of rotatable bonds is 5. The van der Waals surface area contributed by atoms with Gasteiger partial charge in [-0.05, 0) is 36.4 Å². The fourth-order valence-electron chi connectivity index (χ4n) is 2.43. The average Bonchev–Trinajstić information content (AvgIpc) is 2.69. The van der Waals surface area contributed by atoms with Crippen molar-refractivity contribution in [3.8, 4) is 5.75 Å². The third kappa shape index (κ3) is 4.77. The second kappa shape index (κ2) is 8.11. The molecule has 0 bridgehead atoms. The summed E-state index contributed by atoms with van der Waals surface area (Å²) in [4.78, 5) is 11.0. The van der Waals surface area contributed by atoms with Gasteiger partial charge in [0.25, 0.3) is 10.0 Å². The molecule has 3 aromatic carbocycles. The molecule has 29 heavy (non-hydrogen) atoms. The number of aromatic carboxylic acids is 1. The zero-order valence-corrected chi connectivity index (χ0v) is 15.6. The third-order valence-corrected chi connectivity index (χ3v) is 5.13. The third-order valence-electron chi connectivity index (χ3n) is 3.84. The van der Waals surface area contributed by atoms with E-state index in [4.69, 9.17) is 5.11 Å². The fourth-order valence-corrected chi connectivity index (χ4v) is 3.41. The molecule has 0 atom stereocenters. The SMILES string of the molecule is O=C(O)c1cc(NC(=NS(=O)(=O)c2ccc(F)cc2)c2ccccc2)ccc1[O-]. The largest absolute Gasteiger partial charge is 0.872 e. The average molecular weight is 413 g/mol. The smallest absolute Gasteiger partial charge is 0.335 e. The van der Waals surface area contributed by atoms with E-state index in [1.54, 1.807) is 30.3 Å². The monoisotopic (exact) mass is 413 g/mol. The molecule has 0 fully saturated rings. The molecular weight excluding hydrogens is 399 g/mol. The fraction of sp³-hybridized carbons (Fsp3) is 0. The Bertz CT molecular complexity index is 1180. The van der Waals surface area contributed by atoms with Crippen LogP contribution in [-0.4, -0.2) is 25.3 Å². The van der Waals surface area contributed by atoms with E-state index in [1.165, 1.54) is 6.07 Å². The number of carbonyl (C=O) groups is 1. The van der Waals surface area contributed by atoms with Crippen molar-refractivity contribution in [2.75, 3.05) is 5.32 Å². The highest BCUT2D eigenvalue weighted by Crippen LogP contribution is 2.21. The van der Waals surface area contributed by atoms with Gasteiger partial charge in [0.1, 0.15) is 5.82 Å². The zero-order chi connectivity index (χ0) is 21.0. The molecule has 0 heterocycles. The van der Waals surface area contributed by atoms with Crippen molar-refractivity contribution in [1.82, 2.24) is 0 Å². The Morgan fingerprint density at radius 1 is 1.00 bits per heavy atom. The summed E-state index contributed by atoms with van der Waals surface area (Å²) < 4.78 is 42.2. The number of carboxylic acids is 1. The first-order valence-electron chi connectivity index (χ1n) is 8.23. The molecule has 9 heteroatoms. The maximum absolute atomic E-state index is 13.1. The van der Waals surface area contributed by atoms with E-state index in [2.05, 4.69) is 9.71 Å². The number of nitrogens with one attached hydrogen (secondary N) is 1. The van der Waals surface area contributed by atoms with Crippen molar-refractivity contribution in [2.45, 2.75) is 4.90 Å². The standard InChI is InChI=1S/C20H15FN2O5S/c21-14-6-9-16(10-7-14)29(27,28)23-19(13-4-2-1-3-5-13)22-15-8-11-18(24)17(12-15)20(25)26/h1-12,24H,(H,22,23)(H,25,26)/p-1. The Balaban J connectivity index is 2.07. The predicted octanol–water partition coefficient (Wildman–Crippen LogP) is 2.85. The van der Waals surface area contributed by atoms with E-state index in [0.29, 0.717) is 5.56 Å². The molecule has 0 radical (unpaired) electrons. The van der Waals surface area contributed by atoms with Crippen molar-refractivity contribution in [3.05, 3.63) is 89.7 Å². The van der Waals surface area contributed by atoms with Gasteiger partial charge in [0, 0.05) is 11.3 Å². The minimum absolute atomic E-state index is 0.0927. The predicted molar refractivity (Wildman–Crippen MR) is 103 cm³/mol. The molecule has 0 saturated heterocycles. The first kappa shape index (κ1) is 20.0. The van der Waals surface area contributed by atoms with Gasteiger partial charge in [0.2, 0.25) is 0 Å². The highest BCUT2D eigenvalue weighted by atomic mass is 32.2. The number of carboxylic acid groups (broad SMARTS) is 1. The molecule has 0 aliphatic heterocycles. The van der Waals surface area contributed by atoms with Gasteiger partial charge >= 0.3 is 5.97 Å². The van der Waals surface area contributed by atoms with E-state index in [-0.39, 0.29) is 16.4 Å². The summed E-state index contributed by atoms with van der Waals surface area (Å²) in [6.45, 7) is 0. The number of nitrogens with zero attached hydrogens (tertiary/aromatic N) is 1. The van der Waals surface area contributed by atoms with Crippen molar-refractivity contribution in [2.24, 2.45) is 4.40 Å². The van der Waals surface area contributed by atoms with E-state index < -0.39 is 33.1 Å². The number of sulfonamides is 1. The highest BCUT2D eigenvalue weighted by Gasteiger charge is 2.16. The maximum atomic E-state index is 13.1. The summed E-state index contributed by atoms with van der Waals surface area (Å²) >= 11 is 0. The number of benzene rings is 3. The highest BCUT2D eigenvalue weighted by molar-refractivity contribution is 7.90. The first-order valence-corrected chi connectivity index (χ1v) is 9.67. The Labute approximate surface area is 165 Å². The lowest BCUT2D eigenvalue weighted by Gasteiger charge is -2.14. The quantitative estimate of drug-likeness (QED) is 0.490. The minimum atomic E-state index is -4.20. The molecule has 0 amide bonds. The molecule has 0 spiro atoms. The van der Waals surface area contributed by atoms with Gasteiger partial charge < -0.3 is 15.5 Å². The topological polar surface area (TPSA) is 119 Å². The normalized spacial score (nSPS) is 11.8. The van der Waals surface area contributed by atoms with Crippen molar-refractivity contribution in [3.63, 3.8) is 0 Å². The van der Waals surface area contributed by atoms with Gasteiger partial charge in [0.05, 0.1) is 10.5 Å². The number of amidine groups is 1. The molecule has 3 rings (SSSR count). The van der Waals surface area contributed by atoms with Crippen LogP contribution in [0.2, 0.25) is 0 Å². The molecule has 7 nitrogen and oxygen atoms in total. The van der Waals surface area contributed by atoms with E-state index >= 15 is 0 Å². The summed E-state index contributed by atoms with van der Waals surface area (Å²) in [7, 11) is -4.20. The molecule has 3 aromatic rings. The molecule has 0 aliphatic carbocycles. The Morgan fingerprint density at radius 3 is 2.28 bits per heavy atom. The molecule has 0 unspecified atom stereocenters. The zero-order valence-electron chi connectivity index (χ0n) is 14.7. The summed E-state index contributed by atoms with van der Waals surface area (Å²) in [5.41, 5.74) is 0.101. The minimum Gasteiger partial charge on any atom is -0.872 e. The Kier molecular flexibility index (Phi) is 5.60. The van der Waals surface area contributed by atoms with Crippen LogP contribution in [0.4, 0.5) is 10.1 Å². The van der Waals surface area contributed by atoms with Crippen LogP contribution < -0.4 is 10.4 Å². The summed E-state index contributed by atoms with van der Waals surface area (Å²) in [5, 5.41) is 23.5. The number of anilines is 1. The van der Waals surface area contributed by atoms with Crippen molar-refractivity contribution in [1.29, 1.82) is 0 Å². The summed E-state index contributed by atoms with van der Waals surface area (Å²) in [5.74, 6) is -2.77. The second-order valence-electron chi connectivity index (χ2n) is 5.88. The number of halogens is 1. The number of hydrogen-bond acceptors (Lipinski definition) is 4. The van der Waals surface area contributed by atoms with E-state index in [9.17, 15) is 22.7 Å². The van der Waals surface area contributed by atoms with Crippen LogP contribution in [0.3, 0.4) is 0 Å². The summed E-state index contributed by atoms with van der Waals surface area (Å²) in [6, 6.07) is 15.9. The molecule has 148 valence electrons. The van der Waals surface area contributed by atoms with Gasteiger partial charge in [-0.3, -0.25) is 0 Å². The van der Waals surface area contributed by atoms with Crippen LogP contribution >= 0.6 is 0 Å². The van der Waals surface area contributed by atoms with Crippen LogP contribution in [0.1, 0.15) is 15.9 Å². The summed E-state index contributed by atoms with van der Waals surface area (Å²) in [6.07, 6.45) is 0. The van der Waals surface area contributed by atoms with Crippen molar-refractivity contribution < 1.29 is 27.8 Å². The maximum Gasteiger partial charge on any atom is 0.335 e. The Hall–Kier alpha value is -3.72. The second-order valence-corrected chi connectivity index (χ2v) is 7.48. The molecule has 2 N–H and O–H groups in total. The lowest BCUT2D eigenvalue weighted by Crippen LogP contribution is -2.17.